The molecule has 0 heterocycles. The summed E-state index contributed by atoms with van der Waals surface area (Å²) < 4.78 is 0. The van der Waals surface area contributed by atoms with E-state index in [0.717, 1.165) is 24.0 Å². The Labute approximate surface area is 154 Å². The molecule has 2 aromatic carbocycles. The lowest BCUT2D eigenvalue weighted by Crippen LogP contribution is -2.14. The van der Waals surface area contributed by atoms with E-state index in [1.54, 1.807) is 26.0 Å². The lowest BCUT2D eigenvalue weighted by atomic mass is 10.1. The summed E-state index contributed by atoms with van der Waals surface area (Å²) in [6.07, 6.45) is -2.29. The molecule has 0 aliphatic heterocycles. The van der Waals surface area contributed by atoms with Gasteiger partial charge < -0.3 is 30.6 Å². The molecule has 0 saturated carbocycles. The third-order valence-electron chi connectivity index (χ3n) is 3.53. The number of phenolic OH excluding ortho intramolecular Hbond substituents is 2. The van der Waals surface area contributed by atoms with Gasteiger partial charge in [0.2, 0.25) is 0 Å². The first-order valence-electron chi connectivity index (χ1n) is 7.95. The van der Waals surface area contributed by atoms with Gasteiger partial charge in [0.1, 0.15) is 11.5 Å². The van der Waals surface area contributed by atoms with E-state index in [0.29, 0.717) is 0 Å². The summed E-state index contributed by atoms with van der Waals surface area (Å²) >= 11 is 0. The van der Waals surface area contributed by atoms with Crippen LogP contribution in [-0.2, 0) is 6.42 Å². The summed E-state index contributed by atoms with van der Waals surface area (Å²) in [6, 6.07) is 9.18. The Balaban J connectivity index is 0.000000504. The highest BCUT2D eigenvalue weighted by atomic mass is 16.5. The molecule has 2 aromatic rings. The van der Waals surface area contributed by atoms with Crippen molar-refractivity contribution >= 4 is 0 Å². The molecule has 6 heteroatoms. The predicted molar refractivity (Wildman–Crippen MR) is 94.8 cm³/mol. The van der Waals surface area contributed by atoms with Crippen LogP contribution in [0.3, 0.4) is 0 Å². The highest BCUT2D eigenvalue weighted by Crippen LogP contribution is 2.23. The zero-order chi connectivity index (χ0) is 19.7. The molecule has 142 valence electrons. The SMILES string of the molecule is CC#CCCc1ccc(C([O-])O)c(O)c1.Cc1ccc(C([O-])O)c(O)c1.[HH]. The minimum atomic E-state index is -1.88. The summed E-state index contributed by atoms with van der Waals surface area (Å²) in [5, 5.41) is 57.0. The van der Waals surface area contributed by atoms with Gasteiger partial charge in [0.25, 0.3) is 0 Å². The third kappa shape index (κ3) is 6.75. The molecule has 0 amide bonds. The first kappa shape index (κ1) is 21.5. The molecule has 0 saturated heterocycles. The summed E-state index contributed by atoms with van der Waals surface area (Å²) in [5.41, 5.74) is 1.79. The van der Waals surface area contributed by atoms with Crippen LogP contribution in [0, 0.1) is 18.8 Å². The van der Waals surface area contributed by atoms with Crippen molar-refractivity contribution in [3.05, 3.63) is 58.7 Å². The van der Waals surface area contributed by atoms with Gasteiger partial charge >= 0.3 is 0 Å². The standard InChI is InChI=1S/C12H13O3.C8H9O3.H2/c1-2-3-4-5-9-6-7-10(12(14)15)11(13)8-9;1-5-2-3-6(8(10)11)7(9)4-5;/h6-8,12-14H,4-5H2,1H3;2-4,8-10H,1H3;1H/q2*-1;. The third-order valence-corrected chi connectivity index (χ3v) is 3.53. The molecule has 6 nitrogen and oxygen atoms in total. The molecule has 4 N–H and O–H groups in total. The highest BCUT2D eigenvalue weighted by Gasteiger charge is 2.03. The van der Waals surface area contributed by atoms with Crippen LogP contribution >= 0.6 is 0 Å². The second-order valence-electron chi connectivity index (χ2n) is 5.59. The van der Waals surface area contributed by atoms with E-state index >= 15 is 0 Å². The molecule has 0 aliphatic carbocycles. The quantitative estimate of drug-likeness (QED) is 0.476. The Morgan fingerprint density at radius 3 is 1.96 bits per heavy atom. The van der Waals surface area contributed by atoms with Crippen molar-refractivity contribution in [2.45, 2.75) is 39.3 Å². The largest absolute Gasteiger partial charge is 0.828 e. The molecule has 0 spiro atoms. The number of hydrogen-bond acceptors (Lipinski definition) is 6. The van der Waals surface area contributed by atoms with Crippen molar-refractivity contribution < 1.29 is 32.1 Å². The lowest BCUT2D eigenvalue weighted by Gasteiger charge is -2.16. The number of aliphatic hydroxyl groups is 2. The second-order valence-corrected chi connectivity index (χ2v) is 5.59. The van der Waals surface area contributed by atoms with Gasteiger partial charge in [0.05, 0.1) is 0 Å². The fourth-order valence-electron chi connectivity index (χ4n) is 2.15. The first-order chi connectivity index (χ1) is 12.3. The summed E-state index contributed by atoms with van der Waals surface area (Å²) in [5.74, 6) is 5.39. The predicted octanol–water partition coefficient (Wildman–Crippen LogP) is 0.997. The van der Waals surface area contributed by atoms with Gasteiger partial charge in [-0.15, -0.1) is 11.8 Å². The van der Waals surface area contributed by atoms with Crippen LogP contribution in [0.25, 0.3) is 0 Å². The zero-order valence-electron chi connectivity index (χ0n) is 14.6. The number of benzene rings is 2. The molecule has 2 atom stereocenters. The molecule has 0 fully saturated rings. The molecule has 0 bridgehead atoms. The summed E-state index contributed by atoms with van der Waals surface area (Å²) in [6.45, 7) is 3.56. The average Bonchev–Trinajstić information content (AvgIpc) is 2.55. The zero-order valence-corrected chi connectivity index (χ0v) is 14.6. The molecular weight excluding hydrogens is 336 g/mol. The molecule has 2 unspecified atom stereocenters. The van der Waals surface area contributed by atoms with Gasteiger partial charge in [-0.1, -0.05) is 24.3 Å². The van der Waals surface area contributed by atoms with Crippen LogP contribution in [0.5, 0.6) is 11.5 Å². The monoisotopic (exact) mass is 360 g/mol. The Kier molecular flexibility index (Phi) is 8.62. The maximum absolute atomic E-state index is 10.7. The second kappa shape index (κ2) is 10.4. The van der Waals surface area contributed by atoms with Crippen molar-refractivity contribution in [3.63, 3.8) is 0 Å². The van der Waals surface area contributed by atoms with Crippen molar-refractivity contribution in [1.29, 1.82) is 0 Å². The van der Waals surface area contributed by atoms with Gasteiger partial charge in [0, 0.05) is 31.6 Å². The van der Waals surface area contributed by atoms with Crippen LogP contribution in [0.1, 0.15) is 49.6 Å². The molecule has 0 aromatic heterocycles. The minimum Gasteiger partial charge on any atom is -0.828 e. The van der Waals surface area contributed by atoms with Crippen LogP contribution in [0.2, 0.25) is 0 Å². The average molecular weight is 360 g/mol. The number of phenols is 2. The van der Waals surface area contributed by atoms with Crippen molar-refractivity contribution in [1.82, 2.24) is 0 Å². The van der Waals surface area contributed by atoms with E-state index in [9.17, 15) is 15.3 Å². The minimum absolute atomic E-state index is 0. The highest BCUT2D eigenvalue weighted by molar-refractivity contribution is 5.37. The first-order valence-corrected chi connectivity index (χ1v) is 7.95. The van der Waals surface area contributed by atoms with Crippen molar-refractivity contribution in [3.8, 4) is 23.3 Å². The fraction of sp³-hybridized carbons (Fsp3) is 0.300. The van der Waals surface area contributed by atoms with E-state index in [2.05, 4.69) is 11.8 Å². The molecule has 2 rings (SSSR count). The topological polar surface area (TPSA) is 127 Å². The van der Waals surface area contributed by atoms with Crippen LogP contribution in [0.4, 0.5) is 0 Å². The van der Waals surface area contributed by atoms with E-state index in [1.165, 1.54) is 24.3 Å². The molecule has 0 aliphatic rings. The van der Waals surface area contributed by atoms with Gasteiger partial charge in [0.15, 0.2) is 0 Å². The maximum Gasteiger partial charge on any atom is 0.120 e. The van der Waals surface area contributed by atoms with Gasteiger partial charge in [-0.05, 0) is 43.5 Å². The van der Waals surface area contributed by atoms with Gasteiger partial charge in [-0.3, -0.25) is 0 Å². The van der Waals surface area contributed by atoms with Crippen LogP contribution < -0.4 is 10.2 Å². The molecule has 0 radical (unpaired) electrons. The Bertz CT molecular complexity index is 778. The smallest absolute Gasteiger partial charge is 0.120 e. The molecular formula is C20H24O6-2. The lowest BCUT2D eigenvalue weighted by molar-refractivity contribution is -0.491. The summed E-state index contributed by atoms with van der Waals surface area (Å²) in [4.78, 5) is 0. The maximum atomic E-state index is 10.7. The molecule has 26 heavy (non-hydrogen) atoms. The van der Waals surface area contributed by atoms with Crippen molar-refractivity contribution in [2.24, 2.45) is 0 Å². The normalized spacial score (nSPS) is 12.2. The van der Waals surface area contributed by atoms with Crippen LogP contribution in [-0.4, -0.2) is 20.4 Å². The van der Waals surface area contributed by atoms with E-state index in [-0.39, 0.29) is 24.1 Å². The number of aliphatic hydroxyl groups excluding tert-OH is 2. The number of aryl methyl sites for hydroxylation is 2. The number of rotatable bonds is 4. The fourth-order valence-corrected chi connectivity index (χ4v) is 2.15. The van der Waals surface area contributed by atoms with E-state index in [4.69, 9.17) is 15.3 Å². The van der Waals surface area contributed by atoms with E-state index in [1.807, 2.05) is 0 Å². The van der Waals surface area contributed by atoms with E-state index < -0.39 is 12.6 Å². The summed E-state index contributed by atoms with van der Waals surface area (Å²) in [7, 11) is 0. The van der Waals surface area contributed by atoms with Gasteiger partial charge in [-0.25, -0.2) is 0 Å². The number of aromatic hydroxyl groups is 2. The van der Waals surface area contributed by atoms with Crippen molar-refractivity contribution in [2.75, 3.05) is 0 Å². The Morgan fingerprint density at radius 2 is 1.50 bits per heavy atom. The Hall–Kier alpha value is -2.56. The van der Waals surface area contributed by atoms with Gasteiger partial charge in [-0.2, -0.15) is 0 Å². The van der Waals surface area contributed by atoms with Crippen LogP contribution in [0.15, 0.2) is 36.4 Å². The Morgan fingerprint density at radius 1 is 0.962 bits per heavy atom. The number of hydrogen-bond donors (Lipinski definition) is 4.